The van der Waals surface area contributed by atoms with Crippen molar-refractivity contribution < 1.29 is 9.13 Å². The van der Waals surface area contributed by atoms with Gasteiger partial charge >= 0.3 is 0 Å². The molecule has 138 valence electrons. The third kappa shape index (κ3) is 3.23. The van der Waals surface area contributed by atoms with E-state index in [-0.39, 0.29) is 18.5 Å². The molecule has 6 nitrogen and oxygen atoms in total. The maximum atomic E-state index is 15.1. The molecule has 0 bridgehead atoms. The second kappa shape index (κ2) is 7.37. The van der Waals surface area contributed by atoms with E-state index in [1.807, 2.05) is 6.07 Å². The van der Waals surface area contributed by atoms with E-state index in [4.69, 9.17) is 11.2 Å². The summed E-state index contributed by atoms with van der Waals surface area (Å²) in [5.74, 6) is 2.40. The molecule has 0 radical (unpaired) electrons. The van der Waals surface area contributed by atoms with Crippen LogP contribution in [-0.4, -0.2) is 26.6 Å². The molecular formula is C21H15FN4O2. The number of rotatable bonds is 5. The molecule has 4 aromatic rings. The lowest BCUT2D eigenvalue weighted by Crippen LogP contribution is -2.24. The van der Waals surface area contributed by atoms with Crippen LogP contribution in [0, 0.1) is 18.2 Å². The van der Waals surface area contributed by atoms with E-state index in [9.17, 15) is 4.79 Å². The van der Waals surface area contributed by atoms with Crippen molar-refractivity contribution in [3.05, 3.63) is 76.7 Å². The Bertz CT molecular complexity index is 1240. The predicted octanol–water partition coefficient (Wildman–Crippen LogP) is 2.99. The summed E-state index contributed by atoms with van der Waals surface area (Å²) in [6.07, 6.45) is 9.76. The van der Waals surface area contributed by atoms with Crippen LogP contribution in [-0.2, 0) is 6.54 Å². The summed E-state index contributed by atoms with van der Waals surface area (Å²) in [5, 5.41) is 11.1. The van der Waals surface area contributed by atoms with Crippen LogP contribution < -0.4 is 10.3 Å². The van der Waals surface area contributed by atoms with E-state index in [0.29, 0.717) is 22.3 Å². The van der Waals surface area contributed by atoms with Gasteiger partial charge in [-0.05, 0) is 17.7 Å². The number of terminal acetylenes is 1. The van der Waals surface area contributed by atoms with E-state index in [1.54, 1.807) is 36.5 Å². The Morgan fingerprint density at radius 2 is 2.14 bits per heavy atom. The topological polar surface area (TPSA) is 72.8 Å². The van der Waals surface area contributed by atoms with Crippen molar-refractivity contribution >= 4 is 10.8 Å². The summed E-state index contributed by atoms with van der Waals surface area (Å²) in [5.41, 5.74) is 1.16. The summed E-state index contributed by atoms with van der Waals surface area (Å²) < 4.78 is 21.7. The first-order chi connectivity index (χ1) is 13.7. The van der Waals surface area contributed by atoms with Crippen LogP contribution in [0.5, 0.6) is 5.75 Å². The van der Waals surface area contributed by atoms with Crippen molar-refractivity contribution in [3.63, 3.8) is 0 Å². The zero-order valence-corrected chi connectivity index (χ0v) is 14.7. The highest BCUT2D eigenvalue weighted by Crippen LogP contribution is 2.26. The number of nitrogens with zero attached hydrogens (tertiary/aromatic N) is 3. The molecule has 2 heterocycles. The van der Waals surface area contributed by atoms with Gasteiger partial charge in [-0.15, -0.1) is 6.42 Å². The maximum Gasteiger partial charge on any atom is 0.277 e. The summed E-state index contributed by atoms with van der Waals surface area (Å²) in [4.78, 5) is 12.9. The van der Waals surface area contributed by atoms with Gasteiger partial charge in [0.2, 0.25) is 0 Å². The van der Waals surface area contributed by atoms with Crippen molar-refractivity contribution in [2.45, 2.75) is 6.54 Å². The molecule has 0 aliphatic rings. The van der Waals surface area contributed by atoms with Gasteiger partial charge in [-0.1, -0.05) is 30.2 Å². The maximum absolute atomic E-state index is 15.1. The number of aromatic nitrogens is 4. The van der Waals surface area contributed by atoms with Crippen molar-refractivity contribution in [2.24, 2.45) is 0 Å². The van der Waals surface area contributed by atoms with Crippen LogP contribution >= 0.6 is 0 Å². The molecular weight excluding hydrogens is 359 g/mol. The van der Waals surface area contributed by atoms with Crippen molar-refractivity contribution in [1.82, 2.24) is 20.0 Å². The molecule has 0 aliphatic heterocycles. The minimum Gasteiger partial charge on any atom is -0.481 e. The van der Waals surface area contributed by atoms with E-state index in [2.05, 4.69) is 21.2 Å². The Labute approximate surface area is 159 Å². The molecule has 0 unspecified atom stereocenters. The lowest BCUT2D eigenvalue weighted by Gasteiger charge is -2.10. The van der Waals surface area contributed by atoms with Gasteiger partial charge in [-0.3, -0.25) is 9.89 Å². The fourth-order valence-electron chi connectivity index (χ4n) is 2.99. The third-order valence-corrected chi connectivity index (χ3v) is 4.32. The quantitative estimate of drug-likeness (QED) is 0.545. The average molecular weight is 374 g/mol. The van der Waals surface area contributed by atoms with Gasteiger partial charge in [-0.25, -0.2) is 9.07 Å². The molecule has 0 saturated heterocycles. The first kappa shape index (κ1) is 17.5. The first-order valence-electron chi connectivity index (χ1n) is 8.50. The van der Waals surface area contributed by atoms with Gasteiger partial charge in [0.05, 0.1) is 24.3 Å². The average Bonchev–Trinajstić information content (AvgIpc) is 3.23. The Morgan fingerprint density at radius 1 is 1.25 bits per heavy atom. The summed E-state index contributed by atoms with van der Waals surface area (Å²) in [6, 6.07) is 10.5. The molecule has 2 aromatic carbocycles. The molecule has 0 saturated carbocycles. The lowest BCUT2D eigenvalue weighted by atomic mass is 10.0. The van der Waals surface area contributed by atoms with Crippen molar-refractivity contribution in [1.29, 1.82) is 0 Å². The Hall–Kier alpha value is -3.92. The molecule has 0 atom stereocenters. The van der Waals surface area contributed by atoms with Gasteiger partial charge < -0.3 is 4.74 Å². The van der Waals surface area contributed by atoms with Crippen LogP contribution in [0.2, 0.25) is 0 Å². The first-order valence-corrected chi connectivity index (χ1v) is 8.50. The Morgan fingerprint density at radius 3 is 2.93 bits per heavy atom. The second-order valence-electron chi connectivity index (χ2n) is 6.13. The molecule has 1 N–H and O–H groups in total. The highest BCUT2D eigenvalue weighted by molar-refractivity contribution is 5.86. The third-order valence-electron chi connectivity index (χ3n) is 4.32. The molecule has 0 spiro atoms. The fraction of sp³-hybridized carbons (Fsp3) is 0.0952. The minimum absolute atomic E-state index is 0.00608. The fourth-order valence-corrected chi connectivity index (χ4v) is 2.99. The number of hydrogen-bond acceptors (Lipinski definition) is 4. The van der Waals surface area contributed by atoms with Crippen molar-refractivity contribution in [2.75, 3.05) is 6.61 Å². The number of hydrogen-bond donors (Lipinski definition) is 1. The van der Waals surface area contributed by atoms with Crippen LogP contribution in [0.15, 0.2) is 59.8 Å². The Balaban J connectivity index is 1.75. The zero-order valence-electron chi connectivity index (χ0n) is 14.7. The van der Waals surface area contributed by atoms with Crippen LogP contribution in [0.3, 0.4) is 0 Å². The summed E-state index contributed by atoms with van der Waals surface area (Å²) in [6.45, 7) is 0.330. The van der Waals surface area contributed by atoms with E-state index < -0.39 is 11.4 Å². The Kier molecular flexibility index (Phi) is 4.60. The number of halogens is 1. The molecule has 0 fully saturated rings. The second-order valence-corrected chi connectivity index (χ2v) is 6.13. The minimum atomic E-state index is -0.592. The summed E-state index contributed by atoms with van der Waals surface area (Å²) in [7, 11) is 0. The van der Waals surface area contributed by atoms with Crippen molar-refractivity contribution in [3.8, 4) is 29.2 Å². The summed E-state index contributed by atoms with van der Waals surface area (Å²) >= 11 is 0. The largest absolute Gasteiger partial charge is 0.481 e. The molecule has 7 heteroatoms. The number of nitrogens with one attached hydrogen (secondary N) is 1. The smallest absolute Gasteiger partial charge is 0.277 e. The predicted molar refractivity (Wildman–Crippen MR) is 103 cm³/mol. The number of benzene rings is 2. The highest BCUT2D eigenvalue weighted by atomic mass is 19.1. The standard InChI is InChI=1S/C21H15FN4O2/c1-2-8-28-17-5-3-4-14(9-17)13-26-21(27)19-15(12-25-26)6-7-18(20(19)22)16-10-23-24-11-16/h1,3-7,9-12H,8,13H2,(H,23,24). The monoisotopic (exact) mass is 374 g/mol. The number of aromatic amines is 1. The van der Waals surface area contributed by atoms with Gasteiger partial charge in [0.1, 0.15) is 18.2 Å². The number of fused-ring (bicyclic) bond motifs is 1. The van der Waals surface area contributed by atoms with Crippen LogP contribution in [0.4, 0.5) is 4.39 Å². The SMILES string of the molecule is C#CCOc1cccc(Cn2ncc3ccc(-c4cn[nH]c4)c(F)c3c2=O)c1. The highest BCUT2D eigenvalue weighted by Gasteiger charge is 2.15. The van der Waals surface area contributed by atoms with E-state index >= 15 is 4.39 Å². The molecule has 28 heavy (non-hydrogen) atoms. The van der Waals surface area contributed by atoms with Gasteiger partial charge in [-0.2, -0.15) is 10.2 Å². The van der Waals surface area contributed by atoms with Gasteiger partial charge in [0.15, 0.2) is 0 Å². The molecule has 2 aromatic heterocycles. The van der Waals surface area contributed by atoms with Crippen LogP contribution in [0.1, 0.15) is 5.56 Å². The lowest BCUT2D eigenvalue weighted by molar-refractivity contribution is 0.370. The van der Waals surface area contributed by atoms with Crippen LogP contribution in [0.25, 0.3) is 21.9 Å². The van der Waals surface area contributed by atoms with E-state index in [1.165, 1.54) is 17.1 Å². The van der Waals surface area contributed by atoms with E-state index in [0.717, 1.165) is 5.56 Å². The van der Waals surface area contributed by atoms with Gasteiger partial charge in [0.25, 0.3) is 5.56 Å². The molecule has 4 rings (SSSR count). The van der Waals surface area contributed by atoms with Gasteiger partial charge in [0, 0.05) is 22.7 Å². The normalized spacial score (nSPS) is 10.7. The molecule has 0 amide bonds. The zero-order chi connectivity index (χ0) is 19.5. The number of H-pyrrole nitrogens is 1. The number of ether oxygens (including phenoxy) is 1. The molecule has 0 aliphatic carbocycles.